The predicted octanol–water partition coefficient (Wildman–Crippen LogP) is 4.20. The van der Waals surface area contributed by atoms with Crippen molar-refractivity contribution in [2.45, 2.75) is 20.3 Å². The van der Waals surface area contributed by atoms with Crippen molar-refractivity contribution in [2.24, 2.45) is 0 Å². The van der Waals surface area contributed by atoms with Crippen LogP contribution in [0.3, 0.4) is 0 Å². The summed E-state index contributed by atoms with van der Waals surface area (Å²) in [5, 5.41) is 4.21. The van der Waals surface area contributed by atoms with Crippen molar-refractivity contribution >= 4 is 22.5 Å². The molecular weight excluding hydrogens is 372 g/mol. The van der Waals surface area contributed by atoms with E-state index in [2.05, 4.69) is 44.4 Å². The molecule has 0 aliphatic carbocycles. The van der Waals surface area contributed by atoms with Gasteiger partial charge in [0.15, 0.2) is 0 Å². The maximum absolute atomic E-state index is 12.0. The lowest BCUT2D eigenvalue weighted by Gasteiger charge is -2.36. The van der Waals surface area contributed by atoms with Crippen LogP contribution in [0, 0.1) is 0 Å². The second kappa shape index (κ2) is 10.7. The van der Waals surface area contributed by atoms with Crippen molar-refractivity contribution < 1.29 is 4.79 Å². The number of aromatic nitrogens is 1. The average molecular weight is 405 g/mol. The number of carbonyl (C=O) groups is 1. The van der Waals surface area contributed by atoms with Crippen LogP contribution in [0.4, 0.5) is 5.69 Å². The third-order valence-electron chi connectivity index (χ3n) is 5.54. The van der Waals surface area contributed by atoms with Gasteiger partial charge in [0.25, 0.3) is 5.91 Å². The number of pyridine rings is 1. The van der Waals surface area contributed by atoms with Gasteiger partial charge in [0.2, 0.25) is 0 Å². The fourth-order valence-electron chi connectivity index (χ4n) is 3.82. The molecule has 0 bridgehead atoms. The van der Waals surface area contributed by atoms with Crippen molar-refractivity contribution in [3.8, 4) is 0 Å². The average Bonchev–Trinajstić information content (AvgIpc) is 2.79. The maximum Gasteiger partial charge on any atom is 0.251 e. The van der Waals surface area contributed by atoms with Gasteiger partial charge >= 0.3 is 0 Å². The van der Waals surface area contributed by atoms with Crippen LogP contribution in [0.1, 0.15) is 30.6 Å². The van der Waals surface area contributed by atoms with Gasteiger partial charge in [-0.3, -0.25) is 14.7 Å². The lowest BCUT2D eigenvalue weighted by atomic mass is 10.2. The molecule has 2 aromatic carbocycles. The molecule has 3 aromatic rings. The summed E-state index contributed by atoms with van der Waals surface area (Å²) < 4.78 is 0. The summed E-state index contributed by atoms with van der Waals surface area (Å²) in [6.07, 6.45) is 4.10. The van der Waals surface area contributed by atoms with Crippen LogP contribution in [0.15, 0.2) is 66.9 Å². The summed E-state index contributed by atoms with van der Waals surface area (Å²) >= 11 is 0. The number of anilines is 1. The first kappa shape index (κ1) is 21.8. The highest BCUT2D eigenvalue weighted by Gasteiger charge is 2.17. The van der Waals surface area contributed by atoms with Crippen LogP contribution >= 0.6 is 0 Å². The summed E-state index contributed by atoms with van der Waals surface area (Å²) in [7, 11) is 0. The van der Waals surface area contributed by atoms with E-state index in [9.17, 15) is 4.79 Å². The zero-order valence-electron chi connectivity index (χ0n) is 16.8. The van der Waals surface area contributed by atoms with E-state index in [0.29, 0.717) is 0 Å². The number of carbonyl (C=O) groups excluding carboxylic acids is 1. The monoisotopic (exact) mass is 404 g/mol. The van der Waals surface area contributed by atoms with E-state index in [-0.39, 0.29) is 13.3 Å². The molecule has 1 aromatic heterocycles. The highest BCUT2D eigenvalue weighted by molar-refractivity contribution is 5.94. The number of amides is 1. The number of nitrogens with one attached hydrogen (secondary N) is 1. The number of benzene rings is 2. The van der Waals surface area contributed by atoms with Gasteiger partial charge in [0.1, 0.15) is 0 Å². The summed E-state index contributed by atoms with van der Waals surface area (Å²) in [6.45, 7) is 6.03. The molecule has 1 aliphatic heterocycles. The predicted molar refractivity (Wildman–Crippen MR) is 125 cm³/mol. The van der Waals surface area contributed by atoms with E-state index in [1.165, 1.54) is 11.1 Å². The lowest BCUT2D eigenvalue weighted by molar-refractivity contribution is 0.0952. The van der Waals surface area contributed by atoms with Crippen molar-refractivity contribution in [3.05, 3.63) is 72.4 Å². The second-order valence-corrected chi connectivity index (χ2v) is 7.54. The Kier molecular flexibility index (Phi) is 7.80. The van der Waals surface area contributed by atoms with Gasteiger partial charge in [-0.2, -0.15) is 0 Å². The summed E-state index contributed by atoms with van der Waals surface area (Å²) in [4.78, 5) is 21.6. The van der Waals surface area contributed by atoms with Gasteiger partial charge < -0.3 is 10.2 Å². The minimum Gasteiger partial charge on any atom is -0.368 e. The summed E-state index contributed by atoms with van der Waals surface area (Å²) in [6, 6.07) is 19.9. The number of fused-ring (bicyclic) bond motifs is 1. The third-order valence-corrected chi connectivity index (χ3v) is 5.54. The molecule has 4 rings (SSSR count). The molecule has 0 radical (unpaired) electrons. The van der Waals surface area contributed by atoms with E-state index in [1.807, 2.05) is 42.6 Å². The Bertz CT molecular complexity index is 936. The molecule has 0 unspecified atom stereocenters. The Morgan fingerprint density at radius 2 is 1.67 bits per heavy atom. The minimum absolute atomic E-state index is 0. The fourth-order valence-corrected chi connectivity index (χ4v) is 3.82. The number of para-hydroxylation sites is 1. The molecule has 0 spiro atoms. The molecule has 1 N–H and O–H groups in total. The van der Waals surface area contributed by atoms with E-state index in [0.717, 1.165) is 63.2 Å². The Labute approximate surface area is 179 Å². The van der Waals surface area contributed by atoms with Gasteiger partial charge in [-0.1, -0.05) is 43.8 Å². The highest BCUT2D eigenvalue weighted by Crippen LogP contribution is 2.21. The Balaban J connectivity index is 0.00000256. The van der Waals surface area contributed by atoms with Crippen LogP contribution in [-0.4, -0.2) is 55.1 Å². The molecule has 5 heteroatoms. The zero-order valence-corrected chi connectivity index (χ0v) is 16.8. The number of piperazine rings is 1. The topological polar surface area (TPSA) is 48.5 Å². The second-order valence-electron chi connectivity index (χ2n) is 7.54. The van der Waals surface area contributed by atoms with Crippen LogP contribution in [0.2, 0.25) is 0 Å². The first-order chi connectivity index (χ1) is 14.3. The lowest BCUT2D eigenvalue weighted by Crippen LogP contribution is -2.46. The normalized spacial score (nSPS) is 14.3. The van der Waals surface area contributed by atoms with Crippen molar-refractivity contribution in [3.63, 3.8) is 0 Å². The van der Waals surface area contributed by atoms with Gasteiger partial charge in [-0.25, -0.2) is 0 Å². The van der Waals surface area contributed by atoms with E-state index < -0.39 is 0 Å². The maximum atomic E-state index is 12.0. The molecule has 158 valence electrons. The fraction of sp³-hybridized carbons (Fsp3) is 0.360. The van der Waals surface area contributed by atoms with Crippen LogP contribution in [0.5, 0.6) is 0 Å². The molecule has 1 saturated heterocycles. The molecule has 30 heavy (non-hydrogen) atoms. The van der Waals surface area contributed by atoms with Gasteiger partial charge in [0.05, 0.1) is 17.4 Å². The van der Waals surface area contributed by atoms with Crippen LogP contribution in [0.25, 0.3) is 10.9 Å². The van der Waals surface area contributed by atoms with E-state index in [1.54, 1.807) is 0 Å². The standard InChI is InChI=1S/C24H28N4O.CH4/c29-24(20-8-2-1-3-9-20)25-12-6-7-13-27-14-16-28(17-15-27)22-18-21-10-4-5-11-23(21)26-19-22;/h1-5,8-11,18-19H,6-7,12-17H2,(H,25,29);1H4. The van der Waals surface area contributed by atoms with Gasteiger partial charge in [-0.05, 0) is 43.7 Å². The number of hydrogen-bond donors (Lipinski definition) is 1. The highest BCUT2D eigenvalue weighted by atomic mass is 16.1. The Morgan fingerprint density at radius 3 is 2.47 bits per heavy atom. The molecule has 1 fully saturated rings. The number of nitrogens with zero attached hydrogens (tertiary/aromatic N) is 3. The van der Waals surface area contributed by atoms with Crippen molar-refractivity contribution in [1.29, 1.82) is 0 Å². The molecular formula is C25H32N4O. The first-order valence-electron chi connectivity index (χ1n) is 10.4. The zero-order chi connectivity index (χ0) is 19.9. The molecule has 0 atom stereocenters. The molecule has 5 nitrogen and oxygen atoms in total. The number of hydrogen-bond acceptors (Lipinski definition) is 4. The van der Waals surface area contributed by atoms with Gasteiger partial charge in [-0.15, -0.1) is 0 Å². The molecule has 1 amide bonds. The summed E-state index contributed by atoms with van der Waals surface area (Å²) in [5.41, 5.74) is 2.99. The Hall–Kier alpha value is -2.92. The third kappa shape index (κ3) is 5.57. The largest absolute Gasteiger partial charge is 0.368 e. The quantitative estimate of drug-likeness (QED) is 0.600. The number of rotatable bonds is 7. The van der Waals surface area contributed by atoms with Crippen molar-refractivity contribution in [1.82, 2.24) is 15.2 Å². The van der Waals surface area contributed by atoms with Crippen molar-refractivity contribution in [2.75, 3.05) is 44.2 Å². The minimum atomic E-state index is 0. The van der Waals surface area contributed by atoms with Gasteiger partial charge in [0, 0.05) is 43.7 Å². The molecule has 2 heterocycles. The smallest absolute Gasteiger partial charge is 0.251 e. The van der Waals surface area contributed by atoms with E-state index >= 15 is 0 Å². The van der Waals surface area contributed by atoms with Crippen LogP contribution < -0.4 is 10.2 Å². The SMILES string of the molecule is C.O=C(NCCCCN1CCN(c2cnc3ccccc3c2)CC1)c1ccccc1. The molecule has 0 saturated carbocycles. The molecule has 1 aliphatic rings. The number of unbranched alkanes of at least 4 members (excludes halogenated alkanes) is 1. The first-order valence-corrected chi connectivity index (χ1v) is 10.4. The van der Waals surface area contributed by atoms with E-state index in [4.69, 9.17) is 0 Å². The van der Waals surface area contributed by atoms with Crippen LogP contribution in [-0.2, 0) is 0 Å². The Morgan fingerprint density at radius 1 is 0.933 bits per heavy atom. The summed E-state index contributed by atoms with van der Waals surface area (Å²) in [5.74, 6) is 0.0169.